The lowest BCUT2D eigenvalue weighted by Crippen LogP contribution is -2.32. The Balaban J connectivity index is 2.19. The van der Waals surface area contributed by atoms with E-state index in [4.69, 9.17) is 0 Å². The predicted molar refractivity (Wildman–Crippen MR) is 67.1 cm³/mol. The molecule has 1 atom stereocenters. The first-order valence-electron chi connectivity index (χ1n) is 5.66. The largest absolute Gasteiger partial charge is 0.408 e. The second-order valence-electron chi connectivity index (χ2n) is 4.28. The number of nitrogens with zero attached hydrogens (tertiary/aromatic N) is 2. The van der Waals surface area contributed by atoms with Crippen LogP contribution < -0.4 is 16.2 Å². The van der Waals surface area contributed by atoms with E-state index in [1.807, 2.05) is 0 Å². The lowest BCUT2D eigenvalue weighted by molar-refractivity contribution is -0.143. The van der Waals surface area contributed by atoms with Crippen molar-refractivity contribution >= 4 is 21.6 Å². The van der Waals surface area contributed by atoms with E-state index in [9.17, 15) is 18.0 Å². The molecule has 1 saturated heterocycles. The van der Waals surface area contributed by atoms with Gasteiger partial charge in [0.05, 0.1) is 11.9 Å². The molecule has 1 aliphatic rings. The Morgan fingerprint density at radius 1 is 1.58 bits per heavy atom. The molecule has 0 saturated carbocycles. The first-order valence-corrected chi connectivity index (χ1v) is 6.46. The third-order valence-corrected chi connectivity index (χ3v) is 3.50. The summed E-state index contributed by atoms with van der Waals surface area (Å²) in [5.74, 6) is 0. The van der Waals surface area contributed by atoms with Gasteiger partial charge < -0.3 is 10.6 Å². The van der Waals surface area contributed by atoms with E-state index in [0.29, 0.717) is 10.4 Å². The van der Waals surface area contributed by atoms with E-state index in [0.717, 1.165) is 19.5 Å². The van der Waals surface area contributed by atoms with Gasteiger partial charge >= 0.3 is 6.18 Å². The summed E-state index contributed by atoms with van der Waals surface area (Å²) in [6, 6.07) is 0.149. The molecule has 0 amide bonds. The van der Waals surface area contributed by atoms with Gasteiger partial charge in [-0.1, -0.05) is 0 Å². The van der Waals surface area contributed by atoms with Crippen LogP contribution in [0.2, 0.25) is 0 Å². The first kappa shape index (κ1) is 14.3. The van der Waals surface area contributed by atoms with Crippen LogP contribution in [0.5, 0.6) is 0 Å². The molecule has 19 heavy (non-hydrogen) atoms. The van der Waals surface area contributed by atoms with Crippen LogP contribution in [0.4, 0.5) is 18.9 Å². The van der Waals surface area contributed by atoms with Crippen molar-refractivity contribution < 1.29 is 13.2 Å². The Hall–Kier alpha value is -1.09. The fourth-order valence-electron chi connectivity index (χ4n) is 1.85. The maximum Gasteiger partial charge on any atom is 0.408 e. The van der Waals surface area contributed by atoms with Crippen molar-refractivity contribution in [3.63, 3.8) is 0 Å². The molecule has 1 aliphatic heterocycles. The second kappa shape index (κ2) is 5.49. The number of alkyl halides is 3. The summed E-state index contributed by atoms with van der Waals surface area (Å²) in [4.78, 5) is 11.7. The van der Waals surface area contributed by atoms with Crippen molar-refractivity contribution in [2.75, 3.05) is 18.4 Å². The first-order chi connectivity index (χ1) is 8.87. The van der Waals surface area contributed by atoms with Gasteiger partial charge in [-0.15, -0.1) is 0 Å². The maximum absolute atomic E-state index is 12.2. The Kier molecular flexibility index (Phi) is 4.14. The van der Waals surface area contributed by atoms with Crippen LogP contribution in [0.3, 0.4) is 0 Å². The number of rotatable bonds is 3. The molecule has 0 spiro atoms. The smallest absolute Gasteiger partial charge is 0.379 e. The highest BCUT2D eigenvalue weighted by Crippen LogP contribution is 2.20. The molecule has 1 aromatic rings. The molecule has 0 aromatic carbocycles. The summed E-state index contributed by atoms with van der Waals surface area (Å²) in [6.07, 6.45) is -2.35. The van der Waals surface area contributed by atoms with Gasteiger partial charge in [0.2, 0.25) is 0 Å². The van der Waals surface area contributed by atoms with E-state index in [1.54, 1.807) is 0 Å². The number of hydrogen-bond donors (Lipinski definition) is 2. The topological polar surface area (TPSA) is 59.0 Å². The van der Waals surface area contributed by atoms with Crippen LogP contribution in [0, 0.1) is 0 Å². The van der Waals surface area contributed by atoms with E-state index < -0.39 is 18.3 Å². The Bertz CT molecular complexity index is 510. The SMILES string of the molecule is O=c1c(Br)c(NC2CCNC2)cnn1CC(F)(F)F. The monoisotopic (exact) mass is 340 g/mol. The minimum atomic E-state index is -4.47. The molecular formula is C10H12BrF3N4O. The van der Waals surface area contributed by atoms with Gasteiger partial charge in [0, 0.05) is 12.6 Å². The molecule has 0 radical (unpaired) electrons. The number of hydrogen-bond acceptors (Lipinski definition) is 4. The molecular weight excluding hydrogens is 329 g/mol. The van der Waals surface area contributed by atoms with Crippen LogP contribution >= 0.6 is 15.9 Å². The molecule has 5 nitrogen and oxygen atoms in total. The van der Waals surface area contributed by atoms with Gasteiger partial charge in [-0.25, -0.2) is 4.68 Å². The molecule has 1 aromatic heterocycles. The predicted octanol–water partition coefficient (Wildman–Crippen LogP) is 1.34. The highest BCUT2D eigenvalue weighted by Gasteiger charge is 2.29. The molecule has 106 valence electrons. The molecule has 2 heterocycles. The third-order valence-electron chi connectivity index (χ3n) is 2.73. The van der Waals surface area contributed by atoms with Crippen molar-refractivity contribution in [2.45, 2.75) is 25.2 Å². The normalized spacial score (nSPS) is 19.7. The van der Waals surface area contributed by atoms with Crippen molar-refractivity contribution in [1.82, 2.24) is 15.1 Å². The second-order valence-corrected chi connectivity index (χ2v) is 5.08. The van der Waals surface area contributed by atoms with Gasteiger partial charge in [-0.05, 0) is 28.9 Å². The zero-order valence-corrected chi connectivity index (χ0v) is 11.4. The molecule has 9 heteroatoms. The van der Waals surface area contributed by atoms with Gasteiger partial charge in [0.25, 0.3) is 5.56 Å². The van der Waals surface area contributed by atoms with E-state index in [2.05, 4.69) is 31.7 Å². The van der Waals surface area contributed by atoms with Crippen molar-refractivity contribution in [3.05, 3.63) is 21.0 Å². The van der Waals surface area contributed by atoms with Crippen molar-refractivity contribution in [1.29, 1.82) is 0 Å². The third kappa shape index (κ3) is 3.69. The Morgan fingerprint density at radius 3 is 2.89 bits per heavy atom. The standard InChI is InChI=1S/C10H12BrF3N4O/c11-8-7(17-6-1-2-15-3-6)4-16-18(9(8)19)5-10(12,13)14/h4,6,15,17H,1-3,5H2. The molecule has 0 aliphatic carbocycles. The summed E-state index contributed by atoms with van der Waals surface area (Å²) in [7, 11) is 0. The zero-order chi connectivity index (χ0) is 14.0. The summed E-state index contributed by atoms with van der Waals surface area (Å²) in [6.45, 7) is 0.224. The zero-order valence-electron chi connectivity index (χ0n) is 9.80. The van der Waals surface area contributed by atoms with Crippen molar-refractivity contribution in [3.8, 4) is 0 Å². The van der Waals surface area contributed by atoms with Gasteiger partial charge in [-0.3, -0.25) is 4.79 Å². The molecule has 2 rings (SSSR count). The summed E-state index contributed by atoms with van der Waals surface area (Å²) in [5.41, 5.74) is -0.384. The van der Waals surface area contributed by atoms with E-state index >= 15 is 0 Å². The average molecular weight is 341 g/mol. The van der Waals surface area contributed by atoms with E-state index in [-0.39, 0.29) is 10.5 Å². The lowest BCUT2D eigenvalue weighted by atomic mass is 10.2. The highest BCUT2D eigenvalue weighted by molar-refractivity contribution is 9.10. The van der Waals surface area contributed by atoms with Crippen LogP contribution in [0.15, 0.2) is 15.5 Å². The van der Waals surface area contributed by atoms with Gasteiger partial charge in [0.15, 0.2) is 0 Å². The fourth-order valence-corrected chi connectivity index (χ4v) is 2.27. The van der Waals surface area contributed by atoms with Crippen molar-refractivity contribution in [2.24, 2.45) is 0 Å². The van der Waals surface area contributed by atoms with Crippen LogP contribution in [0.1, 0.15) is 6.42 Å². The molecule has 2 N–H and O–H groups in total. The summed E-state index contributed by atoms with van der Waals surface area (Å²) in [5, 5.41) is 9.75. The molecule has 0 bridgehead atoms. The summed E-state index contributed by atoms with van der Waals surface area (Å²) < 4.78 is 37.2. The van der Waals surface area contributed by atoms with Crippen LogP contribution in [0.25, 0.3) is 0 Å². The quantitative estimate of drug-likeness (QED) is 0.871. The van der Waals surface area contributed by atoms with Crippen LogP contribution in [-0.2, 0) is 6.54 Å². The number of aromatic nitrogens is 2. The summed E-state index contributed by atoms with van der Waals surface area (Å²) >= 11 is 3.02. The average Bonchev–Trinajstić information content (AvgIpc) is 2.80. The van der Waals surface area contributed by atoms with Gasteiger partial charge in [-0.2, -0.15) is 18.3 Å². The Morgan fingerprint density at radius 2 is 2.32 bits per heavy atom. The minimum Gasteiger partial charge on any atom is -0.379 e. The Labute approximate surface area is 115 Å². The van der Waals surface area contributed by atoms with Crippen LogP contribution in [-0.4, -0.2) is 35.1 Å². The lowest BCUT2D eigenvalue weighted by Gasteiger charge is -2.15. The van der Waals surface area contributed by atoms with Gasteiger partial charge in [0.1, 0.15) is 11.0 Å². The number of nitrogens with one attached hydrogen (secondary N) is 2. The highest BCUT2D eigenvalue weighted by atomic mass is 79.9. The number of anilines is 1. The number of halogens is 4. The molecule has 1 unspecified atom stereocenters. The molecule has 1 fully saturated rings. The minimum absolute atomic E-state index is 0.0682. The fraction of sp³-hybridized carbons (Fsp3) is 0.600. The van der Waals surface area contributed by atoms with E-state index in [1.165, 1.54) is 6.20 Å². The maximum atomic E-state index is 12.2.